The van der Waals surface area contributed by atoms with Crippen molar-refractivity contribution < 1.29 is 4.79 Å². The van der Waals surface area contributed by atoms with Crippen LogP contribution >= 0.6 is 0 Å². The highest BCUT2D eigenvalue weighted by Crippen LogP contribution is 2.28. The molecule has 1 atom stereocenters. The minimum absolute atomic E-state index is 0.0668. The van der Waals surface area contributed by atoms with Crippen LogP contribution < -0.4 is 5.32 Å². The third-order valence-corrected chi connectivity index (χ3v) is 5.48. The molecular formula is C31H53N3O. The Labute approximate surface area is 217 Å². The summed E-state index contributed by atoms with van der Waals surface area (Å²) in [6, 6.07) is 0.228. The number of piperidine rings is 1. The summed E-state index contributed by atoms with van der Waals surface area (Å²) in [6.07, 6.45) is 12.9. The van der Waals surface area contributed by atoms with E-state index in [2.05, 4.69) is 68.2 Å². The summed E-state index contributed by atoms with van der Waals surface area (Å²) in [5.41, 5.74) is 7.57. The van der Waals surface area contributed by atoms with Crippen molar-refractivity contribution in [2.24, 2.45) is 4.99 Å². The quantitative estimate of drug-likeness (QED) is 0.278. The number of hydrogen-bond acceptors (Lipinski definition) is 3. The van der Waals surface area contributed by atoms with Crippen molar-refractivity contribution in [2.45, 2.75) is 101 Å². The summed E-state index contributed by atoms with van der Waals surface area (Å²) in [7, 11) is 1.86. The molecule has 0 aromatic heterocycles. The Morgan fingerprint density at radius 3 is 2.09 bits per heavy atom. The second-order valence-corrected chi connectivity index (χ2v) is 8.82. The highest BCUT2D eigenvalue weighted by molar-refractivity contribution is 6.00. The van der Waals surface area contributed by atoms with E-state index in [9.17, 15) is 4.79 Å². The van der Waals surface area contributed by atoms with Crippen LogP contribution in [0.1, 0.15) is 94.9 Å². The molecule has 0 aromatic rings. The predicted octanol–water partition coefficient (Wildman–Crippen LogP) is 8.32. The number of nitrogens with zero attached hydrogens (tertiary/aromatic N) is 2. The second-order valence-electron chi connectivity index (χ2n) is 8.82. The van der Waals surface area contributed by atoms with Gasteiger partial charge >= 0.3 is 0 Å². The molecule has 198 valence electrons. The molecule has 1 amide bonds. The first-order valence-electron chi connectivity index (χ1n) is 13.0. The third kappa shape index (κ3) is 13.8. The molecule has 1 N–H and O–H groups in total. The van der Waals surface area contributed by atoms with Gasteiger partial charge in [0.15, 0.2) is 0 Å². The number of rotatable bonds is 8. The standard InChI is InChI=1S/C21H33N3O.C8H14.C2H6/c1-8-11-19(16(4)23-18(6)25)17(5)24-13-10-9-12-21(24)20(22-7)14-15(2)3;1-5-6-8(4)7(2)3;1-2/h8,11,14,21H,5,9-10,12-13H2,1-4,6-7H3,(H,23,25);6H,2,5H2,1,3-4H3;1-2H3/b11-8-,19-16-,22-20?;8-6-;/t21-;;/m0../s1. The molecular weight excluding hydrogens is 430 g/mol. The van der Waals surface area contributed by atoms with E-state index in [1.807, 2.05) is 53.8 Å². The number of aliphatic imine (C=N–C) groups is 1. The van der Waals surface area contributed by atoms with E-state index in [4.69, 9.17) is 0 Å². The van der Waals surface area contributed by atoms with E-state index in [0.29, 0.717) is 0 Å². The number of carbonyl (C=O) groups excluding carboxylic acids is 1. The normalized spacial score (nSPS) is 16.8. The van der Waals surface area contributed by atoms with E-state index >= 15 is 0 Å². The van der Waals surface area contributed by atoms with Crippen molar-refractivity contribution in [3.05, 3.63) is 71.1 Å². The highest BCUT2D eigenvalue weighted by atomic mass is 16.1. The van der Waals surface area contributed by atoms with Crippen LogP contribution in [0.4, 0.5) is 0 Å². The number of amides is 1. The van der Waals surface area contributed by atoms with E-state index in [-0.39, 0.29) is 11.9 Å². The van der Waals surface area contributed by atoms with Crippen LogP contribution in [-0.4, -0.2) is 36.2 Å². The van der Waals surface area contributed by atoms with Gasteiger partial charge in [-0.1, -0.05) is 68.9 Å². The number of nitrogens with one attached hydrogen (secondary N) is 1. The summed E-state index contributed by atoms with van der Waals surface area (Å²) >= 11 is 0. The molecule has 4 nitrogen and oxygen atoms in total. The van der Waals surface area contributed by atoms with Crippen molar-refractivity contribution in [3.63, 3.8) is 0 Å². The van der Waals surface area contributed by atoms with Crippen LogP contribution in [0.5, 0.6) is 0 Å². The fourth-order valence-electron chi connectivity index (χ4n) is 3.74. The maximum absolute atomic E-state index is 11.5. The minimum Gasteiger partial charge on any atom is -0.363 e. The third-order valence-electron chi connectivity index (χ3n) is 5.48. The topological polar surface area (TPSA) is 44.7 Å². The maximum atomic E-state index is 11.5. The van der Waals surface area contributed by atoms with Crippen molar-refractivity contribution in [1.29, 1.82) is 0 Å². The largest absolute Gasteiger partial charge is 0.363 e. The van der Waals surface area contributed by atoms with Gasteiger partial charge in [-0.05, 0) is 73.3 Å². The van der Waals surface area contributed by atoms with Gasteiger partial charge in [-0.3, -0.25) is 9.79 Å². The van der Waals surface area contributed by atoms with Gasteiger partial charge < -0.3 is 10.2 Å². The first kappa shape index (κ1) is 34.5. The van der Waals surface area contributed by atoms with Crippen molar-refractivity contribution in [2.75, 3.05) is 13.6 Å². The monoisotopic (exact) mass is 483 g/mol. The molecule has 0 bridgehead atoms. The molecule has 0 aromatic carbocycles. The Kier molecular flexibility index (Phi) is 19.4. The first-order chi connectivity index (χ1) is 16.5. The molecule has 0 aliphatic carbocycles. The lowest BCUT2D eigenvalue weighted by Crippen LogP contribution is -2.44. The molecule has 1 fully saturated rings. The summed E-state index contributed by atoms with van der Waals surface area (Å²) in [5.74, 6) is -0.0668. The molecule has 35 heavy (non-hydrogen) atoms. The van der Waals surface area contributed by atoms with Gasteiger partial charge in [0.25, 0.3) is 0 Å². The molecule has 1 rings (SSSR count). The van der Waals surface area contributed by atoms with Crippen LogP contribution in [-0.2, 0) is 4.79 Å². The van der Waals surface area contributed by atoms with Crippen LogP contribution in [0.25, 0.3) is 0 Å². The van der Waals surface area contributed by atoms with Gasteiger partial charge in [0.05, 0.1) is 11.8 Å². The lowest BCUT2D eigenvalue weighted by molar-refractivity contribution is -0.118. The predicted molar refractivity (Wildman–Crippen MR) is 158 cm³/mol. The first-order valence-corrected chi connectivity index (χ1v) is 13.0. The molecule has 1 saturated heterocycles. The van der Waals surface area contributed by atoms with Crippen LogP contribution in [0.3, 0.4) is 0 Å². The SMILES string of the molecule is C=C(C(/C=C\C)=C(/C)NC(C)=O)N1CCCC[C@H]1C(C=C(C)C)=NC.C=C(C)/C(C)=C\CC.CC. The average molecular weight is 484 g/mol. The van der Waals surface area contributed by atoms with Crippen molar-refractivity contribution in [3.8, 4) is 0 Å². The van der Waals surface area contributed by atoms with Gasteiger partial charge in [-0.25, -0.2) is 0 Å². The van der Waals surface area contributed by atoms with Crippen LogP contribution in [0, 0.1) is 0 Å². The summed E-state index contributed by atoms with van der Waals surface area (Å²) in [4.78, 5) is 18.3. The smallest absolute Gasteiger partial charge is 0.221 e. The fourth-order valence-corrected chi connectivity index (χ4v) is 3.74. The van der Waals surface area contributed by atoms with Gasteiger partial charge in [0, 0.05) is 37.5 Å². The Morgan fingerprint density at radius 2 is 1.69 bits per heavy atom. The van der Waals surface area contributed by atoms with Gasteiger partial charge in [0.2, 0.25) is 5.91 Å². The Hall–Kier alpha value is -2.62. The van der Waals surface area contributed by atoms with Gasteiger partial charge in [-0.2, -0.15) is 0 Å². The molecule has 1 aliphatic rings. The Morgan fingerprint density at radius 1 is 1.09 bits per heavy atom. The molecule has 0 unspecified atom stereocenters. The van der Waals surface area contributed by atoms with E-state index < -0.39 is 0 Å². The lowest BCUT2D eigenvalue weighted by atomic mass is 9.94. The summed E-state index contributed by atoms with van der Waals surface area (Å²) in [6.45, 7) is 29.0. The zero-order valence-corrected chi connectivity index (χ0v) is 24.6. The molecule has 0 radical (unpaired) electrons. The fraction of sp³-hybridized carbons (Fsp3) is 0.548. The van der Waals surface area contributed by atoms with Crippen LogP contribution in [0.2, 0.25) is 0 Å². The molecule has 1 heterocycles. The molecule has 1 aliphatic heterocycles. The van der Waals surface area contributed by atoms with E-state index in [1.165, 1.54) is 30.1 Å². The molecule has 0 spiro atoms. The average Bonchev–Trinajstić information content (AvgIpc) is 2.81. The number of hydrogen-bond donors (Lipinski definition) is 1. The maximum Gasteiger partial charge on any atom is 0.221 e. The minimum atomic E-state index is -0.0668. The number of carbonyl (C=O) groups is 1. The van der Waals surface area contributed by atoms with Crippen LogP contribution in [0.15, 0.2) is 76.1 Å². The van der Waals surface area contributed by atoms with Crippen molar-refractivity contribution in [1.82, 2.24) is 10.2 Å². The summed E-state index contributed by atoms with van der Waals surface area (Å²) in [5, 5.41) is 2.90. The summed E-state index contributed by atoms with van der Waals surface area (Å²) < 4.78 is 0. The van der Waals surface area contributed by atoms with Crippen molar-refractivity contribution >= 4 is 11.6 Å². The second kappa shape index (κ2) is 19.7. The Balaban J connectivity index is 0. The van der Waals surface area contributed by atoms with Gasteiger partial charge in [-0.15, -0.1) is 0 Å². The van der Waals surface area contributed by atoms with Gasteiger partial charge in [0.1, 0.15) is 0 Å². The highest BCUT2D eigenvalue weighted by Gasteiger charge is 2.28. The number of likely N-dealkylation sites (tertiary alicyclic amines) is 1. The lowest BCUT2D eigenvalue weighted by Gasteiger charge is -2.39. The van der Waals surface area contributed by atoms with E-state index in [0.717, 1.165) is 48.5 Å². The molecule has 0 saturated carbocycles. The molecule has 4 heteroatoms. The Bertz CT molecular complexity index is 833. The zero-order valence-electron chi connectivity index (χ0n) is 24.6. The zero-order chi connectivity index (χ0) is 27.6. The number of allylic oxidation sites excluding steroid dienone is 7. The van der Waals surface area contributed by atoms with E-state index in [1.54, 1.807) is 0 Å².